The molecule has 102 valence electrons. The molecule has 0 spiro atoms. The van der Waals surface area contributed by atoms with Crippen LogP contribution in [-0.4, -0.2) is 11.8 Å². The van der Waals surface area contributed by atoms with Crippen molar-refractivity contribution in [2.45, 2.75) is 6.42 Å². The first-order valence-corrected chi connectivity index (χ1v) is 7.34. The smallest absolute Gasteiger partial charge is 0.238 e. The van der Waals surface area contributed by atoms with Gasteiger partial charge in [0.1, 0.15) is 0 Å². The Morgan fingerprint density at radius 2 is 1.60 bits per heavy atom. The van der Waals surface area contributed by atoms with Gasteiger partial charge >= 0.3 is 0 Å². The summed E-state index contributed by atoms with van der Waals surface area (Å²) in [6.45, 7) is 0. The molecule has 4 atom stereocenters. The van der Waals surface area contributed by atoms with Gasteiger partial charge in [-0.3, -0.25) is 9.59 Å². The van der Waals surface area contributed by atoms with Crippen molar-refractivity contribution in [1.82, 2.24) is 0 Å². The second-order valence-corrected chi connectivity index (χ2v) is 6.45. The fraction of sp³-hybridized carbons (Fsp3) is 0.333. The zero-order valence-corrected chi connectivity index (χ0v) is 11.9. The van der Waals surface area contributed by atoms with E-state index < -0.39 is 0 Å². The molecule has 0 N–H and O–H groups in total. The van der Waals surface area contributed by atoms with Crippen LogP contribution >= 0.6 is 23.2 Å². The Hall–Kier alpha value is -1.32. The minimum absolute atomic E-state index is 0.124. The maximum Gasteiger partial charge on any atom is 0.238 e. The minimum atomic E-state index is -0.204. The largest absolute Gasteiger partial charge is 0.274 e. The molecule has 1 aromatic rings. The zero-order chi connectivity index (χ0) is 14.0. The van der Waals surface area contributed by atoms with E-state index in [1.165, 1.54) is 4.90 Å². The van der Waals surface area contributed by atoms with Gasteiger partial charge in [-0.1, -0.05) is 35.4 Å². The maximum atomic E-state index is 12.6. The number of amides is 2. The first-order valence-electron chi connectivity index (χ1n) is 6.59. The molecule has 1 saturated carbocycles. The predicted octanol–water partition coefficient (Wildman–Crippen LogP) is 3.30. The number of hydrogen-bond donors (Lipinski definition) is 0. The van der Waals surface area contributed by atoms with Crippen LogP contribution in [0.15, 0.2) is 30.4 Å². The number of nitrogens with zero attached hydrogens (tertiary/aromatic N) is 1. The Balaban J connectivity index is 1.78. The van der Waals surface area contributed by atoms with Gasteiger partial charge in [0.2, 0.25) is 11.8 Å². The molecular weight excluding hydrogens is 297 g/mol. The van der Waals surface area contributed by atoms with Crippen LogP contribution in [0, 0.1) is 23.7 Å². The number of fused-ring (bicyclic) bond motifs is 5. The molecule has 2 bridgehead atoms. The molecule has 3 nitrogen and oxygen atoms in total. The van der Waals surface area contributed by atoms with Crippen molar-refractivity contribution in [3.05, 3.63) is 40.4 Å². The SMILES string of the molecule is O=C1[C@@H]2[C@@H](C(=O)N1c1ccc(Cl)cc1Cl)[C@H]1C=C[C@H]2C1. The van der Waals surface area contributed by atoms with E-state index in [4.69, 9.17) is 23.2 Å². The highest BCUT2D eigenvalue weighted by Crippen LogP contribution is 2.53. The normalized spacial score (nSPS) is 34.2. The summed E-state index contributed by atoms with van der Waals surface area (Å²) in [7, 11) is 0. The van der Waals surface area contributed by atoms with Crippen LogP contribution in [0.2, 0.25) is 10.0 Å². The van der Waals surface area contributed by atoms with Crippen molar-refractivity contribution >= 4 is 40.7 Å². The summed E-state index contributed by atoms with van der Waals surface area (Å²) in [6.07, 6.45) is 5.07. The van der Waals surface area contributed by atoms with Gasteiger partial charge in [-0.05, 0) is 36.5 Å². The van der Waals surface area contributed by atoms with Crippen LogP contribution in [0.25, 0.3) is 0 Å². The molecule has 1 saturated heterocycles. The molecule has 5 heteroatoms. The zero-order valence-electron chi connectivity index (χ0n) is 10.4. The second kappa shape index (κ2) is 4.09. The lowest BCUT2D eigenvalue weighted by Gasteiger charge is -2.18. The molecule has 3 aliphatic rings. The van der Waals surface area contributed by atoms with Crippen molar-refractivity contribution in [3.8, 4) is 0 Å². The van der Waals surface area contributed by atoms with Crippen LogP contribution in [0.3, 0.4) is 0 Å². The molecular formula is C15H11Cl2NO2. The van der Waals surface area contributed by atoms with Crippen molar-refractivity contribution in [1.29, 1.82) is 0 Å². The Kier molecular flexibility index (Phi) is 2.54. The minimum Gasteiger partial charge on any atom is -0.274 e. The number of benzene rings is 1. The van der Waals surface area contributed by atoms with Crippen LogP contribution in [0.4, 0.5) is 5.69 Å². The predicted molar refractivity (Wildman–Crippen MR) is 76.7 cm³/mol. The highest BCUT2D eigenvalue weighted by molar-refractivity contribution is 6.38. The monoisotopic (exact) mass is 307 g/mol. The molecule has 20 heavy (non-hydrogen) atoms. The topological polar surface area (TPSA) is 37.4 Å². The first-order chi connectivity index (χ1) is 9.58. The van der Waals surface area contributed by atoms with Gasteiger partial charge in [0.05, 0.1) is 22.5 Å². The maximum absolute atomic E-state index is 12.6. The fourth-order valence-corrected chi connectivity index (χ4v) is 4.30. The third-order valence-electron chi connectivity index (χ3n) is 4.62. The van der Waals surface area contributed by atoms with E-state index in [-0.39, 0.29) is 35.5 Å². The quantitative estimate of drug-likeness (QED) is 0.589. The van der Waals surface area contributed by atoms with Crippen LogP contribution in [0.5, 0.6) is 0 Å². The average Bonchev–Trinajstić information content (AvgIpc) is 3.06. The van der Waals surface area contributed by atoms with Gasteiger partial charge in [0, 0.05) is 5.02 Å². The molecule has 2 aliphatic carbocycles. The molecule has 0 aromatic heterocycles. The van der Waals surface area contributed by atoms with Gasteiger partial charge in [-0.25, -0.2) is 4.90 Å². The van der Waals surface area contributed by atoms with Crippen molar-refractivity contribution in [3.63, 3.8) is 0 Å². The lowest BCUT2D eigenvalue weighted by atomic mass is 9.85. The van der Waals surface area contributed by atoms with Gasteiger partial charge in [0.15, 0.2) is 0 Å². The average molecular weight is 308 g/mol. The number of carbonyl (C=O) groups excluding carboxylic acids is 2. The van der Waals surface area contributed by atoms with Crippen LogP contribution in [0.1, 0.15) is 6.42 Å². The van der Waals surface area contributed by atoms with Crippen LogP contribution < -0.4 is 4.90 Å². The lowest BCUT2D eigenvalue weighted by Crippen LogP contribution is -2.33. The third-order valence-corrected chi connectivity index (χ3v) is 5.16. The Morgan fingerprint density at radius 1 is 1.00 bits per heavy atom. The number of hydrogen-bond acceptors (Lipinski definition) is 2. The summed E-state index contributed by atoms with van der Waals surface area (Å²) < 4.78 is 0. The van der Waals surface area contributed by atoms with Crippen molar-refractivity contribution in [2.75, 3.05) is 4.90 Å². The van der Waals surface area contributed by atoms with E-state index in [2.05, 4.69) is 12.2 Å². The summed E-state index contributed by atoms with van der Waals surface area (Å²) in [5.74, 6) is -0.245. The van der Waals surface area contributed by atoms with Crippen molar-refractivity contribution < 1.29 is 9.59 Å². The molecule has 1 heterocycles. The molecule has 2 fully saturated rings. The lowest BCUT2D eigenvalue weighted by molar-refractivity contribution is -0.123. The number of halogens is 2. The summed E-state index contributed by atoms with van der Waals surface area (Å²) in [6, 6.07) is 4.83. The second-order valence-electron chi connectivity index (χ2n) is 5.61. The summed E-state index contributed by atoms with van der Waals surface area (Å²) >= 11 is 12.0. The first kappa shape index (κ1) is 12.4. The van der Waals surface area contributed by atoms with E-state index in [0.717, 1.165) is 6.42 Å². The molecule has 1 aromatic carbocycles. The van der Waals surface area contributed by atoms with E-state index >= 15 is 0 Å². The van der Waals surface area contributed by atoms with Gasteiger partial charge < -0.3 is 0 Å². The van der Waals surface area contributed by atoms with Gasteiger partial charge in [-0.2, -0.15) is 0 Å². The highest BCUT2D eigenvalue weighted by atomic mass is 35.5. The Bertz CT molecular complexity index is 640. The number of allylic oxidation sites excluding steroid dienone is 2. The number of anilines is 1. The van der Waals surface area contributed by atoms with Gasteiger partial charge in [-0.15, -0.1) is 0 Å². The standard InChI is InChI=1S/C15H11Cl2NO2/c16-9-3-4-11(10(17)6-9)18-14(19)12-7-1-2-8(5-7)13(12)15(18)20/h1-4,6-8,12-13H,5H2/t7-,8-,12-,13-/m0/s1. The van der Waals surface area contributed by atoms with Crippen molar-refractivity contribution in [2.24, 2.45) is 23.7 Å². The van der Waals surface area contributed by atoms with E-state index in [0.29, 0.717) is 15.7 Å². The number of carbonyl (C=O) groups is 2. The molecule has 0 unspecified atom stereocenters. The summed E-state index contributed by atoms with van der Waals surface area (Å²) in [5, 5.41) is 0.819. The van der Waals surface area contributed by atoms with E-state index in [1.807, 2.05) is 0 Å². The third kappa shape index (κ3) is 1.48. The molecule has 1 aliphatic heterocycles. The molecule has 4 rings (SSSR count). The Labute approximate surface area is 126 Å². The number of imide groups is 1. The molecule has 2 amide bonds. The van der Waals surface area contributed by atoms with E-state index in [9.17, 15) is 9.59 Å². The number of rotatable bonds is 1. The fourth-order valence-electron chi connectivity index (χ4n) is 3.80. The summed E-state index contributed by atoms with van der Waals surface area (Å²) in [5.41, 5.74) is 0.444. The van der Waals surface area contributed by atoms with Crippen LogP contribution in [-0.2, 0) is 9.59 Å². The highest BCUT2D eigenvalue weighted by Gasteiger charge is 2.59. The Morgan fingerprint density at radius 3 is 2.15 bits per heavy atom. The van der Waals surface area contributed by atoms with Gasteiger partial charge in [0.25, 0.3) is 0 Å². The summed E-state index contributed by atoms with van der Waals surface area (Å²) in [4.78, 5) is 26.5. The molecule has 0 radical (unpaired) electrons. The van der Waals surface area contributed by atoms with E-state index in [1.54, 1.807) is 18.2 Å².